The third-order valence-corrected chi connectivity index (χ3v) is 5.30. The summed E-state index contributed by atoms with van der Waals surface area (Å²) in [5, 5.41) is 0. The molecule has 2 bridgehead atoms. The minimum atomic E-state index is 0.574. The van der Waals surface area contributed by atoms with Gasteiger partial charge in [-0.05, 0) is 50.7 Å². The topological polar surface area (TPSA) is 6.48 Å². The van der Waals surface area contributed by atoms with Crippen molar-refractivity contribution >= 4 is 0 Å². The summed E-state index contributed by atoms with van der Waals surface area (Å²) in [5.41, 5.74) is 2.30. The molecule has 0 aromatic carbocycles. The maximum absolute atomic E-state index is 2.60. The average Bonchev–Trinajstić information content (AvgIpc) is 2.34. The van der Waals surface area contributed by atoms with E-state index >= 15 is 0 Å². The van der Waals surface area contributed by atoms with Crippen LogP contribution in [0.1, 0.15) is 33.6 Å². The van der Waals surface area contributed by atoms with Gasteiger partial charge in [0.2, 0.25) is 0 Å². The summed E-state index contributed by atoms with van der Waals surface area (Å²) in [7, 11) is 4.32. The smallest absolute Gasteiger partial charge is 0.0196 e. The molecule has 1 saturated carbocycles. The molecule has 0 heterocycles. The molecule has 2 atom stereocenters. The van der Waals surface area contributed by atoms with Crippen molar-refractivity contribution in [1.29, 1.82) is 0 Å². The molecule has 2 heteroatoms. The normalized spacial score (nSPS) is 29.4. The van der Waals surface area contributed by atoms with E-state index in [2.05, 4.69) is 50.7 Å². The van der Waals surface area contributed by atoms with Gasteiger partial charge < -0.3 is 4.90 Å². The zero-order chi connectivity index (χ0) is 13.3. The first-order valence-electron chi connectivity index (χ1n) is 7.51. The minimum Gasteiger partial charge on any atom is -0.308 e. The van der Waals surface area contributed by atoms with Gasteiger partial charge in [0.15, 0.2) is 0 Å². The molecule has 0 unspecified atom stereocenters. The van der Waals surface area contributed by atoms with Crippen LogP contribution in [0.25, 0.3) is 0 Å². The monoisotopic (exact) mass is 250 g/mol. The molecule has 0 saturated heterocycles. The van der Waals surface area contributed by atoms with Crippen molar-refractivity contribution in [3.8, 4) is 0 Å². The minimum absolute atomic E-state index is 0.574. The summed E-state index contributed by atoms with van der Waals surface area (Å²) in [5.74, 6) is 1.83. The number of likely N-dealkylation sites (N-methyl/N-ethyl adjacent to an activating group) is 2. The first-order valence-corrected chi connectivity index (χ1v) is 7.51. The summed E-state index contributed by atoms with van der Waals surface area (Å²) in [4.78, 5) is 4.88. The van der Waals surface area contributed by atoms with Crippen molar-refractivity contribution in [1.82, 2.24) is 9.80 Å². The van der Waals surface area contributed by atoms with Gasteiger partial charge in [-0.15, -0.1) is 0 Å². The molecule has 0 aromatic heterocycles. The molecule has 3 aliphatic rings. The highest BCUT2D eigenvalue weighted by Gasteiger charge is 2.50. The van der Waals surface area contributed by atoms with Crippen LogP contribution in [0.2, 0.25) is 0 Å². The van der Waals surface area contributed by atoms with E-state index in [1.807, 2.05) is 0 Å². The van der Waals surface area contributed by atoms with Crippen LogP contribution in [0.3, 0.4) is 0 Å². The number of fused-ring (bicyclic) bond motifs is 1. The standard InChI is InChI=1S/C16H30N2/c1-6-18(10-9-17(4)5)12-13-7-8-14-11-15(13)16(14,2)3/h7,14-15H,6,8-12H2,1-5H3/t14-,15+/m0/s1. The van der Waals surface area contributed by atoms with Crippen LogP contribution in [0.5, 0.6) is 0 Å². The third-order valence-electron chi connectivity index (χ3n) is 5.30. The number of hydrogen-bond donors (Lipinski definition) is 0. The summed E-state index contributed by atoms with van der Waals surface area (Å²) in [6.45, 7) is 11.9. The van der Waals surface area contributed by atoms with E-state index < -0.39 is 0 Å². The van der Waals surface area contributed by atoms with Gasteiger partial charge in [-0.1, -0.05) is 32.4 Å². The summed E-state index contributed by atoms with van der Waals surface area (Å²) in [6.07, 6.45) is 5.32. The molecule has 0 N–H and O–H groups in total. The molecule has 2 nitrogen and oxygen atoms in total. The highest BCUT2D eigenvalue weighted by atomic mass is 15.2. The molecule has 18 heavy (non-hydrogen) atoms. The SMILES string of the molecule is CCN(CCN(C)C)CC1=CC[C@H]2C[C@H]1C2(C)C. The van der Waals surface area contributed by atoms with Gasteiger partial charge in [-0.2, -0.15) is 0 Å². The molecule has 0 aromatic rings. The number of hydrogen-bond acceptors (Lipinski definition) is 2. The highest BCUT2D eigenvalue weighted by molar-refractivity contribution is 5.24. The quantitative estimate of drug-likeness (QED) is 0.669. The van der Waals surface area contributed by atoms with Crippen LogP contribution < -0.4 is 0 Å². The molecule has 3 rings (SSSR count). The zero-order valence-corrected chi connectivity index (χ0v) is 12.9. The fourth-order valence-electron chi connectivity index (χ4n) is 3.60. The van der Waals surface area contributed by atoms with Gasteiger partial charge in [-0.25, -0.2) is 0 Å². The molecule has 0 aliphatic heterocycles. The molecule has 1 fully saturated rings. The van der Waals surface area contributed by atoms with Crippen molar-refractivity contribution in [3.63, 3.8) is 0 Å². The van der Waals surface area contributed by atoms with Crippen LogP contribution in [-0.4, -0.2) is 50.1 Å². The molecule has 0 amide bonds. The van der Waals surface area contributed by atoms with Gasteiger partial charge in [0, 0.05) is 19.6 Å². The summed E-state index contributed by atoms with van der Waals surface area (Å²) in [6, 6.07) is 0. The van der Waals surface area contributed by atoms with E-state index in [1.165, 1.54) is 32.5 Å². The second-order valence-electron chi connectivity index (χ2n) is 6.99. The largest absolute Gasteiger partial charge is 0.308 e. The lowest BCUT2D eigenvalue weighted by molar-refractivity contribution is -0.0106. The van der Waals surface area contributed by atoms with Crippen molar-refractivity contribution in [2.24, 2.45) is 17.3 Å². The van der Waals surface area contributed by atoms with E-state index in [-0.39, 0.29) is 0 Å². The Labute approximate surface area is 113 Å². The number of rotatable bonds is 6. The van der Waals surface area contributed by atoms with E-state index in [0.717, 1.165) is 18.4 Å². The Morgan fingerprint density at radius 2 is 2.00 bits per heavy atom. The van der Waals surface area contributed by atoms with Crippen LogP contribution >= 0.6 is 0 Å². The molecule has 3 aliphatic carbocycles. The van der Waals surface area contributed by atoms with Crippen molar-refractivity contribution in [2.75, 3.05) is 40.3 Å². The first-order chi connectivity index (χ1) is 8.45. The lowest BCUT2D eigenvalue weighted by Crippen LogP contribution is -2.50. The molecule has 0 spiro atoms. The highest BCUT2D eigenvalue weighted by Crippen LogP contribution is 2.59. The number of allylic oxidation sites excluding steroid dienone is 1. The van der Waals surface area contributed by atoms with Gasteiger partial charge in [0.05, 0.1) is 0 Å². The fourth-order valence-corrected chi connectivity index (χ4v) is 3.60. The lowest BCUT2D eigenvalue weighted by atomic mass is 9.49. The predicted molar refractivity (Wildman–Crippen MR) is 78.7 cm³/mol. The van der Waals surface area contributed by atoms with Gasteiger partial charge in [0.25, 0.3) is 0 Å². The maximum atomic E-state index is 2.60. The zero-order valence-electron chi connectivity index (χ0n) is 12.9. The van der Waals surface area contributed by atoms with E-state index in [0.29, 0.717) is 5.41 Å². The maximum Gasteiger partial charge on any atom is 0.0196 e. The van der Waals surface area contributed by atoms with Gasteiger partial charge >= 0.3 is 0 Å². The Bertz CT molecular complexity index is 317. The molecule has 104 valence electrons. The summed E-state index contributed by atoms with van der Waals surface area (Å²) >= 11 is 0. The van der Waals surface area contributed by atoms with Crippen LogP contribution in [0.4, 0.5) is 0 Å². The fraction of sp³-hybridized carbons (Fsp3) is 0.875. The lowest BCUT2D eigenvalue weighted by Gasteiger charge is -2.57. The Morgan fingerprint density at radius 1 is 1.28 bits per heavy atom. The Balaban J connectivity index is 1.90. The van der Waals surface area contributed by atoms with Crippen LogP contribution in [0, 0.1) is 17.3 Å². The molecule has 0 radical (unpaired) electrons. The van der Waals surface area contributed by atoms with Crippen LogP contribution in [-0.2, 0) is 0 Å². The average molecular weight is 250 g/mol. The van der Waals surface area contributed by atoms with Crippen molar-refractivity contribution < 1.29 is 0 Å². The second-order valence-corrected chi connectivity index (χ2v) is 6.99. The summed E-state index contributed by atoms with van der Waals surface area (Å²) < 4.78 is 0. The van der Waals surface area contributed by atoms with Gasteiger partial charge in [-0.3, -0.25) is 4.90 Å². The number of nitrogens with zero attached hydrogens (tertiary/aromatic N) is 2. The van der Waals surface area contributed by atoms with Crippen molar-refractivity contribution in [2.45, 2.75) is 33.6 Å². The predicted octanol–water partition coefficient (Wildman–Crippen LogP) is 2.86. The molecular formula is C16H30N2. The molecular weight excluding hydrogens is 220 g/mol. The van der Waals surface area contributed by atoms with Crippen LogP contribution in [0.15, 0.2) is 11.6 Å². The Morgan fingerprint density at radius 3 is 2.50 bits per heavy atom. The Hall–Kier alpha value is -0.340. The first kappa shape index (κ1) is 14.1. The Kier molecular flexibility index (Phi) is 4.18. The third kappa shape index (κ3) is 2.65. The second kappa shape index (κ2) is 5.34. The van der Waals surface area contributed by atoms with Crippen molar-refractivity contribution in [3.05, 3.63) is 11.6 Å². The van der Waals surface area contributed by atoms with Gasteiger partial charge in [0.1, 0.15) is 0 Å². The van der Waals surface area contributed by atoms with E-state index in [4.69, 9.17) is 0 Å². The van der Waals surface area contributed by atoms with E-state index in [1.54, 1.807) is 5.57 Å². The van der Waals surface area contributed by atoms with E-state index in [9.17, 15) is 0 Å².